The van der Waals surface area contributed by atoms with Gasteiger partial charge in [0, 0.05) is 11.8 Å². The number of carbonyl (C=O) groups is 1. The molecule has 1 atom stereocenters. The molecule has 0 spiro atoms. The molecule has 0 bridgehead atoms. The predicted molar refractivity (Wildman–Crippen MR) is 111 cm³/mol. The lowest BCUT2D eigenvalue weighted by atomic mass is 10.3. The van der Waals surface area contributed by atoms with Gasteiger partial charge in [-0.05, 0) is 55.6 Å². The third-order valence-corrected chi connectivity index (χ3v) is 6.09. The predicted octanol–water partition coefficient (Wildman–Crippen LogP) is 3.12. The Labute approximate surface area is 169 Å². The molecule has 0 unspecified atom stereocenters. The van der Waals surface area contributed by atoms with Crippen LogP contribution in [0.25, 0.3) is 0 Å². The minimum atomic E-state index is -3.77. The van der Waals surface area contributed by atoms with Crippen LogP contribution in [-0.2, 0) is 14.8 Å². The molecule has 7 nitrogen and oxygen atoms in total. The molecule has 0 saturated carbocycles. The van der Waals surface area contributed by atoms with Crippen molar-refractivity contribution in [2.45, 2.75) is 29.7 Å². The summed E-state index contributed by atoms with van der Waals surface area (Å²) in [5, 5.41) is 2.66. The number of carbonyl (C=O) groups excluding carboxylic acids is 1. The minimum absolute atomic E-state index is 0.0744. The summed E-state index contributed by atoms with van der Waals surface area (Å²) in [6, 6.07) is 11.2. The molecule has 0 aliphatic carbocycles. The molecular formula is C19H24N2O5S2. The van der Waals surface area contributed by atoms with Crippen LogP contribution >= 0.6 is 11.8 Å². The van der Waals surface area contributed by atoms with Crippen LogP contribution in [0, 0.1) is 0 Å². The summed E-state index contributed by atoms with van der Waals surface area (Å²) in [4.78, 5) is 12.2. The average Bonchev–Trinajstić information content (AvgIpc) is 2.66. The van der Waals surface area contributed by atoms with Crippen LogP contribution in [0.15, 0.2) is 52.3 Å². The fourth-order valence-electron chi connectivity index (χ4n) is 2.40. The summed E-state index contributed by atoms with van der Waals surface area (Å²) in [6.07, 6.45) is 1.85. The third kappa shape index (κ3) is 6.15. The fraction of sp³-hybridized carbons (Fsp3) is 0.316. The van der Waals surface area contributed by atoms with Crippen molar-refractivity contribution < 1.29 is 22.7 Å². The van der Waals surface area contributed by atoms with E-state index in [1.807, 2.05) is 6.26 Å². The number of hydrogen-bond donors (Lipinski definition) is 2. The van der Waals surface area contributed by atoms with E-state index in [0.717, 1.165) is 4.90 Å². The molecule has 0 aromatic heterocycles. The van der Waals surface area contributed by atoms with E-state index >= 15 is 0 Å². The number of benzene rings is 2. The lowest BCUT2D eigenvalue weighted by Crippen LogP contribution is -2.36. The quantitative estimate of drug-likeness (QED) is 0.601. The van der Waals surface area contributed by atoms with Gasteiger partial charge in [-0.15, -0.1) is 11.8 Å². The highest BCUT2D eigenvalue weighted by Crippen LogP contribution is 2.28. The standard InChI is InChI=1S/C19H24N2O5S2/c1-13(12-26-16-7-5-15(25-3)6-8-16)21-28(23,24)17-9-10-19(27-4)18(11-17)20-14(2)22/h5-11,13,21H,12H2,1-4H3,(H,20,22)/t13-/m0/s1. The summed E-state index contributed by atoms with van der Waals surface area (Å²) in [7, 11) is -2.19. The van der Waals surface area contributed by atoms with Crippen molar-refractivity contribution in [1.82, 2.24) is 4.72 Å². The Morgan fingerprint density at radius 3 is 2.36 bits per heavy atom. The van der Waals surface area contributed by atoms with Crippen molar-refractivity contribution in [2.75, 3.05) is 25.3 Å². The van der Waals surface area contributed by atoms with E-state index in [-0.39, 0.29) is 17.4 Å². The van der Waals surface area contributed by atoms with Gasteiger partial charge in [-0.3, -0.25) is 4.79 Å². The first kappa shape index (κ1) is 22.1. The van der Waals surface area contributed by atoms with Crippen molar-refractivity contribution in [2.24, 2.45) is 0 Å². The molecule has 0 aliphatic heterocycles. The Bertz CT molecular complexity index is 914. The minimum Gasteiger partial charge on any atom is -0.497 e. The van der Waals surface area contributed by atoms with E-state index in [1.165, 1.54) is 30.8 Å². The number of sulfonamides is 1. The lowest BCUT2D eigenvalue weighted by molar-refractivity contribution is -0.114. The van der Waals surface area contributed by atoms with Crippen LogP contribution in [0.2, 0.25) is 0 Å². The van der Waals surface area contributed by atoms with Gasteiger partial charge in [-0.1, -0.05) is 0 Å². The second-order valence-electron chi connectivity index (χ2n) is 6.05. The zero-order valence-electron chi connectivity index (χ0n) is 16.2. The summed E-state index contributed by atoms with van der Waals surface area (Å²) in [5.41, 5.74) is 0.463. The molecular weight excluding hydrogens is 400 g/mol. The summed E-state index contributed by atoms with van der Waals surface area (Å²) < 4.78 is 38.6. The Morgan fingerprint density at radius 1 is 1.14 bits per heavy atom. The van der Waals surface area contributed by atoms with E-state index in [1.54, 1.807) is 44.4 Å². The van der Waals surface area contributed by atoms with Gasteiger partial charge in [-0.2, -0.15) is 0 Å². The molecule has 28 heavy (non-hydrogen) atoms. The molecule has 0 fully saturated rings. The molecule has 0 radical (unpaired) electrons. The number of hydrogen-bond acceptors (Lipinski definition) is 6. The maximum absolute atomic E-state index is 12.7. The topological polar surface area (TPSA) is 93.7 Å². The molecule has 0 heterocycles. The van der Waals surface area contributed by atoms with Crippen molar-refractivity contribution in [3.63, 3.8) is 0 Å². The van der Waals surface area contributed by atoms with Gasteiger partial charge in [0.2, 0.25) is 15.9 Å². The first-order chi connectivity index (χ1) is 13.2. The van der Waals surface area contributed by atoms with Gasteiger partial charge in [0.1, 0.15) is 18.1 Å². The number of rotatable bonds is 9. The third-order valence-electron chi connectivity index (χ3n) is 3.71. The number of nitrogens with one attached hydrogen (secondary N) is 2. The molecule has 2 N–H and O–H groups in total. The Morgan fingerprint density at radius 2 is 1.79 bits per heavy atom. The van der Waals surface area contributed by atoms with Crippen molar-refractivity contribution in [3.05, 3.63) is 42.5 Å². The van der Waals surface area contributed by atoms with Gasteiger partial charge in [0.05, 0.1) is 23.7 Å². The smallest absolute Gasteiger partial charge is 0.241 e. The molecule has 2 aromatic rings. The number of thioether (sulfide) groups is 1. The molecule has 152 valence electrons. The Balaban J connectivity index is 2.06. The summed E-state index contributed by atoms with van der Waals surface area (Å²) in [6.45, 7) is 3.25. The van der Waals surface area contributed by atoms with Crippen LogP contribution in [-0.4, -0.2) is 40.3 Å². The second kappa shape index (κ2) is 9.81. The van der Waals surface area contributed by atoms with E-state index in [9.17, 15) is 13.2 Å². The molecule has 2 rings (SSSR count). The van der Waals surface area contributed by atoms with Gasteiger partial charge in [0.15, 0.2) is 0 Å². The van der Waals surface area contributed by atoms with Crippen LogP contribution in [0.5, 0.6) is 11.5 Å². The highest BCUT2D eigenvalue weighted by Gasteiger charge is 2.19. The van der Waals surface area contributed by atoms with Crippen molar-refractivity contribution in [3.8, 4) is 11.5 Å². The number of ether oxygens (including phenoxy) is 2. The number of anilines is 1. The first-order valence-corrected chi connectivity index (χ1v) is 11.2. The van der Waals surface area contributed by atoms with E-state index < -0.39 is 16.1 Å². The summed E-state index contributed by atoms with van der Waals surface area (Å²) >= 11 is 1.42. The van der Waals surface area contributed by atoms with Crippen molar-refractivity contribution >= 4 is 33.4 Å². The molecule has 2 aromatic carbocycles. The van der Waals surface area contributed by atoms with Crippen LogP contribution in [0.3, 0.4) is 0 Å². The number of amides is 1. The molecule has 0 aliphatic rings. The van der Waals surface area contributed by atoms with Gasteiger partial charge in [-0.25, -0.2) is 13.1 Å². The van der Waals surface area contributed by atoms with Gasteiger partial charge in [0.25, 0.3) is 0 Å². The van der Waals surface area contributed by atoms with Crippen molar-refractivity contribution in [1.29, 1.82) is 0 Å². The SMILES string of the molecule is COc1ccc(OC[C@H](C)NS(=O)(=O)c2ccc(SC)c(NC(C)=O)c2)cc1. The first-order valence-electron chi connectivity index (χ1n) is 8.50. The number of methoxy groups -OCH3 is 1. The average molecular weight is 425 g/mol. The van der Waals surface area contributed by atoms with E-state index in [0.29, 0.717) is 17.2 Å². The summed E-state index contributed by atoms with van der Waals surface area (Å²) in [5.74, 6) is 1.06. The highest BCUT2D eigenvalue weighted by atomic mass is 32.2. The van der Waals surface area contributed by atoms with Gasteiger partial charge >= 0.3 is 0 Å². The molecule has 0 saturated heterocycles. The van der Waals surface area contributed by atoms with Crippen LogP contribution in [0.4, 0.5) is 5.69 Å². The Kier molecular flexibility index (Phi) is 7.73. The fourth-order valence-corrected chi connectivity index (χ4v) is 4.19. The van der Waals surface area contributed by atoms with Crippen LogP contribution in [0.1, 0.15) is 13.8 Å². The van der Waals surface area contributed by atoms with Crippen LogP contribution < -0.4 is 19.5 Å². The lowest BCUT2D eigenvalue weighted by Gasteiger charge is -2.16. The molecule has 1 amide bonds. The highest BCUT2D eigenvalue weighted by molar-refractivity contribution is 7.98. The maximum Gasteiger partial charge on any atom is 0.241 e. The Hall–Kier alpha value is -2.23. The second-order valence-corrected chi connectivity index (χ2v) is 8.61. The maximum atomic E-state index is 12.7. The van der Waals surface area contributed by atoms with E-state index in [4.69, 9.17) is 9.47 Å². The largest absolute Gasteiger partial charge is 0.497 e. The zero-order chi connectivity index (χ0) is 20.7. The normalized spacial score (nSPS) is 12.3. The van der Waals surface area contributed by atoms with E-state index in [2.05, 4.69) is 10.0 Å². The monoisotopic (exact) mass is 424 g/mol. The molecule has 9 heteroatoms. The van der Waals surface area contributed by atoms with Gasteiger partial charge < -0.3 is 14.8 Å². The zero-order valence-corrected chi connectivity index (χ0v) is 17.8.